The van der Waals surface area contributed by atoms with E-state index in [9.17, 15) is 20.1 Å². The third kappa shape index (κ3) is 4.21. The number of aromatic carboxylic acids is 1. The van der Waals surface area contributed by atoms with Crippen molar-refractivity contribution >= 4 is 40.9 Å². The van der Waals surface area contributed by atoms with Crippen molar-refractivity contribution in [2.24, 2.45) is 0 Å². The highest BCUT2D eigenvalue weighted by molar-refractivity contribution is 7.99. The SMILES string of the molecule is O=C(O)c1cn(C2C(O)C(CO)OC(Sc3ccc(Cl)c(Cl)c3)C2O)nn1. The van der Waals surface area contributed by atoms with Gasteiger partial charge in [-0.3, -0.25) is 0 Å². The Morgan fingerprint density at radius 2 is 2.00 bits per heavy atom. The van der Waals surface area contributed by atoms with E-state index in [4.69, 9.17) is 33.0 Å². The Morgan fingerprint density at radius 3 is 2.59 bits per heavy atom. The van der Waals surface area contributed by atoms with E-state index in [1.165, 1.54) is 0 Å². The molecule has 5 unspecified atom stereocenters. The van der Waals surface area contributed by atoms with Crippen molar-refractivity contribution in [1.82, 2.24) is 15.0 Å². The van der Waals surface area contributed by atoms with E-state index >= 15 is 0 Å². The predicted molar refractivity (Wildman–Crippen MR) is 96.1 cm³/mol. The molecule has 1 fully saturated rings. The summed E-state index contributed by atoms with van der Waals surface area (Å²) >= 11 is 13.0. The van der Waals surface area contributed by atoms with Crippen molar-refractivity contribution in [2.45, 2.75) is 34.7 Å². The van der Waals surface area contributed by atoms with E-state index in [-0.39, 0.29) is 5.69 Å². The maximum Gasteiger partial charge on any atom is 0.358 e. The lowest BCUT2D eigenvalue weighted by Gasteiger charge is -2.41. The summed E-state index contributed by atoms with van der Waals surface area (Å²) in [5.74, 6) is -1.29. The number of thioether (sulfide) groups is 1. The first-order chi connectivity index (χ1) is 12.8. The van der Waals surface area contributed by atoms with Gasteiger partial charge in [-0.2, -0.15) is 0 Å². The Labute approximate surface area is 167 Å². The van der Waals surface area contributed by atoms with Gasteiger partial charge in [0.2, 0.25) is 0 Å². The zero-order chi connectivity index (χ0) is 19.7. The standard InChI is InChI=1S/C15H15Cl2N3O6S/c16-7-2-1-6(3-8(7)17)27-15-13(23)11(12(22)10(5-21)26-15)20-4-9(14(24)25)18-19-20/h1-4,10-13,15,21-23H,5H2,(H,24,25). The molecule has 1 saturated heterocycles. The molecule has 27 heavy (non-hydrogen) atoms. The van der Waals surface area contributed by atoms with E-state index in [1.807, 2.05) is 0 Å². The molecule has 0 amide bonds. The number of carboxylic acid groups (broad SMARTS) is 1. The highest BCUT2D eigenvalue weighted by atomic mass is 35.5. The molecule has 1 aliphatic heterocycles. The number of nitrogens with zero attached hydrogens (tertiary/aromatic N) is 3. The first-order valence-electron chi connectivity index (χ1n) is 7.71. The van der Waals surface area contributed by atoms with Gasteiger partial charge < -0.3 is 25.2 Å². The fraction of sp³-hybridized carbons (Fsp3) is 0.400. The number of aromatic nitrogens is 3. The molecule has 3 rings (SSSR count). The summed E-state index contributed by atoms with van der Waals surface area (Å²) in [7, 11) is 0. The Bertz CT molecular complexity index is 838. The quantitative estimate of drug-likeness (QED) is 0.542. The van der Waals surface area contributed by atoms with Crippen LogP contribution in [0.1, 0.15) is 16.5 Å². The highest BCUT2D eigenvalue weighted by Crippen LogP contribution is 2.39. The molecule has 2 aromatic rings. The summed E-state index contributed by atoms with van der Waals surface area (Å²) < 4.78 is 6.66. The van der Waals surface area contributed by atoms with E-state index < -0.39 is 42.4 Å². The van der Waals surface area contributed by atoms with Crippen LogP contribution in [0.2, 0.25) is 10.0 Å². The summed E-state index contributed by atoms with van der Waals surface area (Å²) in [6.45, 7) is -0.511. The minimum absolute atomic E-state index is 0.324. The first kappa shape index (κ1) is 20.3. The van der Waals surface area contributed by atoms with Crippen LogP contribution in [0.3, 0.4) is 0 Å². The van der Waals surface area contributed by atoms with Gasteiger partial charge in [-0.05, 0) is 18.2 Å². The average molecular weight is 436 g/mol. The van der Waals surface area contributed by atoms with Gasteiger partial charge in [0.05, 0.1) is 22.8 Å². The van der Waals surface area contributed by atoms with Crippen LogP contribution in [-0.2, 0) is 4.74 Å². The molecule has 1 aromatic heterocycles. The largest absolute Gasteiger partial charge is 0.476 e. The number of hydrogen-bond acceptors (Lipinski definition) is 8. The van der Waals surface area contributed by atoms with Crippen LogP contribution in [0.5, 0.6) is 0 Å². The number of carboxylic acids is 1. The molecular formula is C15H15Cl2N3O6S. The number of hydrogen-bond donors (Lipinski definition) is 4. The molecule has 0 saturated carbocycles. The van der Waals surface area contributed by atoms with E-state index in [2.05, 4.69) is 10.3 Å². The molecule has 12 heteroatoms. The van der Waals surface area contributed by atoms with Crippen molar-refractivity contribution in [3.05, 3.63) is 40.1 Å². The zero-order valence-electron chi connectivity index (χ0n) is 13.5. The summed E-state index contributed by atoms with van der Waals surface area (Å²) in [5.41, 5.74) is -1.24. The first-order valence-corrected chi connectivity index (χ1v) is 9.34. The monoisotopic (exact) mass is 435 g/mol. The summed E-state index contributed by atoms with van der Waals surface area (Å²) in [4.78, 5) is 11.7. The number of ether oxygens (including phenoxy) is 1. The molecule has 4 N–H and O–H groups in total. The van der Waals surface area contributed by atoms with Crippen LogP contribution < -0.4 is 0 Å². The van der Waals surface area contributed by atoms with Crippen molar-refractivity contribution in [3.63, 3.8) is 0 Å². The Kier molecular flexibility index (Phi) is 6.26. The lowest BCUT2D eigenvalue weighted by atomic mass is 9.97. The molecule has 0 spiro atoms. The molecule has 1 aliphatic rings. The van der Waals surface area contributed by atoms with Gasteiger partial charge >= 0.3 is 5.97 Å². The molecule has 2 heterocycles. The highest BCUT2D eigenvalue weighted by Gasteiger charge is 2.46. The minimum atomic E-state index is -1.33. The fourth-order valence-corrected chi connectivity index (χ4v) is 4.14. The fourth-order valence-electron chi connectivity index (χ4n) is 2.68. The average Bonchev–Trinajstić information content (AvgIpc) is 3.10. The molecule has 1 aromatic carbocycles. The maximum atomic E-state index is 11.0. The van der Waals surface area contributed by atoms with Gasteiger partial charge in [-0.25, -0.2) is 9.48 Å². The molecule has 9 nitrogen and oxygen atoms in total. The van der Waals surface area contributed by atoms with Crippen LogP contribution in [0.4, 0.5) is 0 Å². The Balaban J connectivity index is 1.88. The Hall–Kier alpha value is -1.40. The lowest BCUT2D eigenvalue weighted by Crippen LogP contribution is -2.55. The van der Waals surface area contributed by atoms with Gasteiger partial charge in [0.15, 0.2) is 5.69 Å². The Morgan fingerprint density at radius 1 is 1.26 bits per heavy atom. The second-order valence-electron chi connectivity index (χ2n) is 5.78. The number of benzene rings is 1. The van der Waals surface area contributed by atoms with Crippen molar-refractivity contribution in [2.75, 3.05) is 6.61 Å². The van der Waals surface area contributed by atoms with E-state index in [0.29, 0.717) is 14.9 Å². The molecule has 5 atom stereocenters. The van der Waals surface area contributed by atoms with Gasteiger partial charge in [0.1, 0.15) is 29.8 Å². The zero-order valence-corrected chi connectivity index (χ0v) is 15.8. The molecule has 146 valence electrons. The summed E-state index contributed by atoms with van der Waals surface area (Å²) in [6, 6.07) is 3.79. The van der Waals surface area contributed by atoms with Crippen LogP contribution >= 0.6 is 35.0 Å². The van der Waals surface area contributed by atoms with Crippen LogP contribution in [-0.4, -0.2) is 71.7 Å². The van der Waals surface area contributed by atoms with Crippen LogP contribution in [0.15, 0.2) is 29.3 Å². The van der Waals surface area contributed by atoms with Crippen molar-refractivity contribution in [1.29, 1.82) is 0 Å². The van der Waals surface area contributed by atoms with Crippen LogP contribution in [0, 0.1) is 0 Å². The minimum Gasteiger partial charge on any atom is -0.476 e. The number of rotatable bonds is 5. The van der Waals surface area contributed by atoms with Gasteiger partial charge in [-0.15, -0.1) is 5.10 Å². The molecule has 0 radical (unpaired) electrons. The van der Waals surface area contributed by atoms with Crippen molar-refractivity contribution in [3.8, 4) is 0 Å². The second kappa shape index (κ2) is 8.31. The smallest absolute Gasteiger partial charge is 0.358 e. The number of carbonyl (C=O) groups is 1. The van der Waals surface area contributed by atoms with Gasteiger partial charge in [0.25, 0.3) is 0 Å². The normalized spacial score (nSPS) is 28.3. The number of aliphatic hydroxyl groups is 3. The third-order valence-electron chi connectivity index (χ3n) is 4.03. The molecule has 0 bridgehead atoms. The summed E-state index contributed by atoms with van der Waals surface area (Å²) in [5, 5.41) is 47.5. The predicted octanol–water partition coefficient (Wildman–Crippen LogP) is 1.06. The van der Waals surface area contributed by atoms with E-state index in [0.717, 1.165) is 22.6 Å². The summed E-state index contributed by atoms with van der Waals surface area (Å²) in [6.07, 6.45) is -2.54. The van der Waals surface area contributed by atoms with E-state index in [1.54, 1.807) is 18.2 Å². The lowest BCUT2D eigenvalue weighted by molar-refractivity contribution is -0.178. The topological polar surface area (TPSA) is 138 Å². The number of aliphatic hydroxyl groups excluding tert-OH is 3. The van der Waals surface area contributed by atoms with Gasteiger partial charge in [0, 0.05) is 4.90 Å². The molecular weight excluding hydrogens is 421 g/mol. The van der Waals surface area contributed by atoms with Gasteiger partial charge in [-0.1, -0.05) is 40.2 Å². The second-order valence-corrected chi connectivity index (χ2v) is 7.77. The van der Waals surface area contributed by atoms with Crippen molar-refractivity contribution < 1.29 is 30.0 Å². The van der Waals surface area contributed by atoms with Crippen LogP contribution in [0.25, 0.3) is 0 Å². The maximum absolute atomic E-state index is 11.0. The number of halogens is 2. The third-order valence-corrected chi connectivity index (χ3v) is 5.91. The molecule has 0 aliphatic carbocycles.